The van der Waals surface area contributed by atoms with Gasteiger partial charge in [-0.2, -0.15) is 11.8 Å². The van der Waals surface area contributed by atoms with E-state index in [0.29, 0.717) is 0 Å². The molecule has 1 heterocycles. The van der Waals surface area contributed by atoms with Crippen molar-refractivity contribution in [2.24, 2.45) is 17.8 Å². The maximum Gasteiger partial charge on any atom is 0.0113 e. The van der Waals surface area contributed by atoms with Gasteiger partial charge in [0.25, 0.3) is 0 Å². The van der Waals surface area contributed by atoms with Crippen LogP contribution in [0.2, 0.25) is 0 Å². The summed E-state index contributed by atoms with van der Waals surface area (Å²) in [7, 11) is 0. The van der Waals surface area contributed by atoms with Crippen LogP contribution in [0.4, 0.5) is 0 Å². The molecule has 2 saturated carbocycles. The minimum atomic E-state index is 0.868. The lowest BCUT2D eigenvalue weighted by molar-refractivity contribution is 0.331. The van der Waals surface area contributed by atoms with Crippen molar-refractivity contribution >= 4 is 11.8 Å². The van der Waals surface area contributed by atoms with Gasteiger partial charge in [-0.3, -0.25) is 0 Å². The van der Waals surface area contributed by atoms with E-state index in [1.807, 2.05) is 5.57 Å². The first kappa shape index (κ1) is 14.0. The van der Waals surface area contributed by atoms with E-state index in [1.54, 1.807) is 0 Å². The first-order chi connectivity index (χ1) is 9.38. The SMILES string of the molecule is CCC1C=C(C2CCCCC2)C2CCCCC2SC1. The Morgan fingerprint density at radius 2 is 1.74 bits per heavy atom. The van der Waals surface area contributed by atoms with Crippen LogP contribution in [0, 0.1) is 17.8 Å². The number of fused-ring (bicyclic) bond motifs is 1. The molecular weight excluding hydrogens is 248 g/mol. The molecule has 0 N–H and O–H groups in total. The standard InChI is InChI=1S/C18H30S/c1-2-14-12-17(15-8-4-3-5-9-15)16-10-6-7-11-18(16)19-13-14/h12,14-16,18H,2-11,13H2,1H3. The van der Waals surface area contributed by atoms with Crippen molar-refractivity contribution in [2.45, 2.75) is 76.4 Å². The van der Waals surface area contributed by atoms with Gasteiger partial charge in [-0.25, -0.2) is 0 Å². The molecular formula is C18H30S. The molecule has 0 spiro atoms. The fourth-order valence-corrected chi connectivity index (χ4v) is 6.16. The van der Waals surface area contributed by atoms with Crippen molar-refractivity contribution < 1.29 is 0 Å². The average molecular weight is 279 g/mol. The molecule has 1 heteroatoms. The Hall–Kier alpha value is 0.0900. The van der Waals surface area contributed by atoms with E-state index in [4.69, 9.17) is 0 Å². The van der Waals surface area contributed by atoms with Crippen LogP contribution in [0.3, 0.4) is 0 Å². The Morgan fingerprint density at radius 1 is 1.00 bits per heavy atom. The first-order valence-corrected chi connectivity index (χ1v) is 9.76. The third kappa shape index (κ3) is 3.23. The lowest BCUT2D eigenvalue weighted by atomic mass is 9.72. The fourth-order valence-electron chi connectivity index (χ4n) is 4.48. The Morgan fingerprint density at radius 3 is 2.53 bits per heavy atom. The van der Waals surface area contributed by atoms with Gasteiger partial charge in [0, 0.05) is 5.25 Å². The summed E-state index contributed by atoms with van der Waals surface area (Å²) in [6, 6.07) is 0. The van der Waals surface area contributed by atoms with Gasteiger partial charge in [-0.1, -0.05) is 50.7 Å². The molecule has 3 atom stereocenters. The van der Waals surface area contributed by atoms with Crippen molar-refractivity contribution in [2.75, 3.05) is 5.75 Å². The lowest BCUT2D eigenvalue weighted by Crippen LogP contribution is -2.27. The topological polar surface area (TPSA) is 0 Å². The molecule has 0 aromatic rings. The minimum Gasteiger partial charge on any atom is -0.157 e. The van der Waals surface area contributed by atoms with E-state index in [0.717, 1.165) is 23.0 Å². The van der Waals surface area contributed by atoms with Crippen molar-refractivity contribution in [1.29, 1.82) is 0 Å². The molecule has 108 valence electrons. The van der Waals surface area contributed by atoms with Crippen molar-refractivity contribution in [3.63, 3.8) is 0 Å². The second kappa shape index (κ2) is 6.70. The summed E-state index contributed by atoms with van der Waals surface area (Å²) < 4.78 is 0. The summed E-state index contributed by atoms with van der Waals surface area (Å²) in [5, 5.41) is 0.971. The van der Waals surface area contributed by atoms with Crippen LogP contribution in [-0.4, -0.2) is 11.0 Å². The molecule has 3 aliphatic rings. The van der Waals surface area contributed by atoms with E-state index < -0.39 is 0 Å². The molecule has 0 radical (unpaired) electrons. The highest BCUT2D eigenvalue weighted by Crippen LogP contribution is 2.46. The summed E-state index contributed by atoms with van der Waals surface area (Å²) in [6.45, 7) is 2.38. The van der Waals surface area contributed by atoms with Crippen LogP contribution >= 0.6 is 11.8 Å². The second-order valence-corrected chi connectivity index (χ2v) is 8.20. The van der Waals surface area contributed by atoms with E-state index >= 15 is 0 Å². The largest absolute Gasteiger partial charge is 0.157 e. The smallest absolute Gasteiger partial charge is 0.0113 e. The predicted octanol–water partition coefficient (Wildman–Crippen LogP) is 5.82. The maximum atomic E-state index is 2.76. The van der Waals surface area contributed by atoms with Crippen LogP contribution in [0.1, 0.15) is 71.1 Å². The van der Waals surface area contributed by atoms with Gasteiger partial charge in [0.05, 0.1) is 0 Å². The molecule has 0 aromatic carbocycles. The van der Waals surface area contributed by atoms with Gasteiger partial charge in [-0.05, 0) is 55.6 Å². The third-order valence-corrected chi connectivity index (χ3v) is 7.30. The molecule has 0 saturated heterocycles. The Bertz CT molecular complexity index is 314. The molecule has 19 heavy (non-hydrogen) atoms. The molecule has 0 aromatic heterocycles. The van der Waals surface area contributed by atoms with Gasteiger partial charge >= 0.3 is 0 Å². The van der Waals surface area contributed by atoms with E-state index in [9.17, 15) is 0 Å². The molecule has 0 nitrogen and oxygen atoms in total. The fraction of sp³-hybridized carbons (Fsp3) is 0.889. The van der Waals surface area contributed by atoms with Gasteiger partial charge in [-0.15, -0.1) is 0 Å². The normalized spacial score (nSPS) is 37.3. The lowest BCUT2D eigenvalue weighted by Gasteiger charge is -2.36. The summed E-state index contributed by atoms with van der Waals surface area (Å²) in [5.74, 6) is 4.19. The van der Waals surface area contributed by atoms with E-state index in [1.165, 1.54) is 70.0 Å². The van der Waals surface area contributed by atoms with Crippen molar-refractivity contribution in [3.05, 3.63) is 11.6 Å². The summed E-state index contributed by atoms with van der Waals surface area (Å²) in [5.41, 5.74) is 1.93. The van der Waals surface area contributed by atoms with Crippen LogP contribution in [-0.2, 0) is 0 Å². The Labute approximate surface area is 123 Å². The molecule has 0 bridgehead atoms. The number of hydrogen-bond donors (Lipinski definition) is 0. The van der Waals surface area contributed by atoms with Gasteiger partial charge in [0.1, 0.15) is 0 Å². The van der Waals surface area contributed by atoms with Crippen LogP contribution in [0.25, 0.3) is 0 Å². The van der Waals surface area contributed by atoms with Crippen LogP contribution in [0.15, 0.2) is 11.6 Å². The minimum absolute atomic E-state index is 0.868. The highest BCUT2D eigenvalue weighted by atomic mass is 32.2. The maximum absolute atomic E-state index is 2.76. The molecule has 2 fully saturated rings. The van der Waals surface area contributed by atoms with Gasteiger partial charge in [0.2, 0.25) is 0 Å². The average Bonchev–Trinajstić information content (AvgIpc) is 2.68. The monoisotopic (exact) mass is 278 g/mol. The quantitative estimate of drug-likeness (QED) is 0.573. The van der Waals surface area contributed by atoms with Crippen molar-refractivity contribution in [1.82, 2.24) is 0 Å². The molecule has 1 aliphatic heterocycles. The highest BCUT2D eigenvalue weighted by Gasteiger charge is 2.34. The summed E-state index contributed by atoms with van der Waals surface area (Å²) in [4.78, 5) is 0. The van der Waals surface area contributed by atoms with Crippen molar-refractivity contribution in [3.8, 4) is 0 Å². The first-order valence-electron chi connectivity index (χ1n) is 8.71. The molecule has 0 amide bonds. The predicted molar refractivity (Wildman–Crippen MR) is 86.6 cm³/mol. The third-order valence-electron chi connectivity index (χ3n) is 5.68. The van der Waals surface area contributed by atoms with Gasteiger partial charge < -0.3 is 0 Å². The number of hydrogen-bond acceptors (Lipinski definition) is 1. The Kier molecular flexibility index (Phi) is 4.95. The molecule has 3 unspecified atom stereocenters. The zero-order valence-corrected chi connectivity index (χ0v) is 13.4. The van der Waals surface area contributed by atoms with E-state index in [2.05, 4.69) is 24.8 Å². The summed E-state index contributed by atoms with van der Waals surface area (Å²) >= 11 is 2.32. The number of rotatable bonds is 2. The van der Waals surface area contributed by atoms with Crippen LogP contribution < -0.4 is 0 Å². The second-order valence-electron chi connectivity index (χ2n) is 6.93. The number of thioether (sulfide) groups is 1. The molecule has 2 aliphatic carbocycles. The Balaban J connectivity index is 1.82. The van der Waals surface area contributed by atoms with Crippen LogP contribution in [0.5, 0.6) is 0 Å². The zero-order chi connectivity index (χ0) is 13.1. The van der Waals surface area contributed by atoms with Gasteiger partial charge in [0.15, 0.2) is 0 Å². The zero-order valence-electron chi connectivity index (χ0n) is 12.6. The number of allylic oxidation sites excluding steroid dienone is 2. The highest BCUT2D eigenvalue weighted by molar-refractivity contribution is 7.99. The molecule has 3 rings (SSSR count). The van der Waals surface area contributed by atoms with E-state index in [-0.39, 0.29) is 0 Å². The summed E-state index contributed by atoms with van der Waals surface area (Å²) in [6.07, 6.45) is 17.5.